The van der Waals surface area contributed by atoms with E-state index in [0.29, 0.717) is 0 Å². The third-order valence-electron chi connectivity index (χ3n) is 4.06. The van der Waals surface area contributed by atoms with Gasteiger partial charge in [0.05, 0.1) is 6.20 Å². The molecule has 2 rings (SSSR count). The first-order valence-corrected chi connectivity index (χ1v) is 6.96. The Hall–Kier alpha value is -0.830. The summed E-state index contributed by atoms with van der Waals surface area (Å²) in [5, 5.41) is 7.74. The Balaban J connectivity index is 1.63. The summed E-state index contributed by atoms with van der Waals surface area (Å²) in [5.74, 6) is 1.90. The molecule has 1 saturated carbocycles. The van der Waals surface area contributed by atoms with Gasteiger partial charge < -0.3 is 5.32 Å². The van der Waals surface area contributed by atoms with Crippen LogP contribution in [-0.4, -0.2) is 16.3 Å². The lowest BCUT2D eigenvalue weighted by molar-refractivity contribution is 0.262. The van der Waals surface area contributed by atoms with E-state index in [1.54, 1.807) is 0 Å². The van der Waals surface area contributed by atoms with Gasteiger partial charge in [-0.1, -0.05) is 26.2 Å². The molecule has 1 aromatic heterocycles. The Bertz CT molecular complexity index is 324. The molecule has 0 aromatic carbocycles. The Morgan fingerprint density at radius 3 is 2.59 bits per heavy atom. The molecule has 17 heavy (non-hydrogen) atoms. The van der Waals surface area contributed by atoms with E-state index in [4.69, 9.17) is 0 Å². The number of rotatable bonds is 5. The van der Waals surface area contributed by atoms with Gasteiger partial charge in [0.25, 0.3) is 0 Å². The highest BCUT2D eigenvalue weighted by atomic mass is 15.2. The number of aryl methyl sites for hydroxylation is 1. The molecule has 3 nitrogen and oxygen atoms in total. The van der Waals surface area contributed by atoms with Gasteiger partial charge in [0, 0.05) is 25.4 Å². The maximum Gasteiger partial charge on any atom is 0.0534 e. The number of aromatic nitrogens is 2. The standard InChI is InChI=1S/C14H25N3/c1-3-12-4-6-13(7-5-12)8-15-9-14-10-16-17(2)11-14/h10-13,15H,3-9H2,1-2H3. The van der Waals surface area contributed by atoms with E-state index in [2.05, 4.69) is 23.5 Å². The molecular weight excluding hydrogens is 210 g/mol. The maximum absolute atomic E-state index is 4.18. The van der Waals surface area contributed by atoms with Crippen molar-refractivity contribution in [1.82, 2.24) is 15.1 Å². The fourth-order valence-corrected chi connectivity index (χ4v) is 2.83. The van der Waals surface area contributed by atoms with E-state index in [1.807, 2.05) is 17.9 Å². The Kier molecular flexibility index (Phi) is 4.60. The first kappa shape index (κ1) is 12.6. The normalized spacial score (nSPS) is 25.1. The van der Waals surface area contributed by atoms with Crippen molar-refractivity contribution in [3.05, 3.63) is 18.0 Å². The molecule has 0 radical (unpaired) electrons. The summed E-state index contributed by atoms with van der Waals surface area (Å²) in [7, 11) is 1.97. The third-order valence-corrected chi connectivity index (χ3v) is 4.06. The molecule has 0 amide bonds. The smallest absolute Gasteiger partial charge is 0.0534 e. The Morgan fingerprint density at radius 2 is 2.00 bits per heavy atom. The van der Waals surface area contributed by atoms with E-state index in [-0.39, 0.29) is 0 Å². The van der Waals surface area contributed by atoms with Crippen molar-refractivity contribution in [3.8, 4) is 0 Å². The van der Waals surface area contributed by atoms with Gasteiger partial charge >= 0.3 is 0 Å². The molecule has 3 heteroatoms. The van der Waals surface area contributed by atoms with Crippen molar-refractivity contribution in [2.75, 3.05) is 6.54 Å². The minimum absolute atomic E-state index is 0.898. The molecule has 0 saturated heterocycles. The van der Waals surface area contributed by atoms with Crippen molar-refractivity contribution >= 4 is 0 Å². The lowest BCUT2D eigenvalue weighted by atomic mass is 9.81. The fourth-order valence-electron chi connectivity index (χ4n) is 2.83. The summed E-state index contributed by atoms with van der Waals surface area (Å²) in [5.41, 5.74) is 1.29. The molecule has 1 fully saturated rings. The van der Waals surface area contributed by atoms with E-state index in [1.165, 1.54) is 44.2 Å². The molecule has 1 aromatic rings. The van der Waals surface area contributed by atoms with E-state index in [9.17, 15) is 0 Å². The SMILES string of the molecule is CCC1CCC(CNCc2cnn(C)c2)CC1. The predicted octanol–water partition coefficient (Wildman–Crippen LogP) is 2.73. The number of nitrogens with one attached hydrogen (secondary N) is 1. The summed E-state index contributed by atoms with van der Waals surface area (Å²) < 4.78 is 1.86. The number of hydrogen-bond donors (Lipinski definition) is 1. The molecule has 1 aliphatic rings. The average molecular weight is 235 g/mol. The van der Waals surface area contributed by atoms with Crippen LogP contribution in [0.1, 0.15) is 44.6 Å². The van der Waals surface area contributed by atoms with Crippen molar-refractivity contribution in [1.29, 1.82) is 0 Å². The second-order valence-corrected chi connectivity index (χ2v) is 5.45. The highest BCUT2D eigenvalue weighted by Crippen LogP contribution is 2.30. The van der Waals surface area contributed by atoms with Gasteiger partial charge in [0.2, 0.25) is 0 Å². The first-order chi connectivity index (χ1) is 8.28. The van der Waals surface area contributed by atoms with Gasteiger partial charge in [-0.3, -0.25) is 4.68 Å². The molecule has 0 aliphatic heterocycles. The van der Waals surface area contributed by atoms with Crippen LogP contribution >= 0.6 is 0 Å². The third kappa shape index (κ3) is 3.84. The number of hydrogen-bond acceptors (Lipinski definition) is 2. The zero-order valence-corrected chi connectivity index (χ0v) is 11.2. The van der Waals surface area contributed by atoms with Crippen molar-refractivity contribution < 1.29 is 0 Å². The Morgan fingerprint density at radius 1 is 1.29 bits per heavy atom. The zero-order valence-electron chi connectivity index (χ0n) is 11.2. The highest BCUT2D eigenvalue weighted by molar-refractivity contribution is 5.02. The fraction of sp³-hybridized carbons (Fsp3) is 0.786. The average Bonchev–Trinajstić information content (AvgIpc) is 2.76. The Labute approximate surface area is 105 Å². The highest BCUT2D eigenvalue weighted by Gasteiger charge is 2.19. The van der Waals surface area contributed by atoms with Crippen molar-refractivity contribution in [2.45, 2.75) is 45.6 Å². The van der Waals surface area contributed by atoms with Gasteiger partial charge in [-0.25, -0.2) is 0 Å². The van der Waals surface area contributed by atoms with E-state index < -0.39 is 0 Å². The molecular formula is C14H25N3. The molecule has 1 heterocycles. The van der Waals surface area contributed by atoms with Crippen LogP contribution < -0.4 is 5.32 Å². The van der Waals surface area contributed by atoms with Crippen LogP contribution in [0.5, 0.6) is 0 Å². The van der Waals surface area contributed by atoms with Crippen LogP contribution in [0.3, 0.4) is 0 Å². The van der Waals surface area contributed by atoms with Gasteiger partial charge in [-0.15, -0.1) is 0 Å². The van der Waals surface area contributed by atoms with Crippen LogP contribution in [-0.2, 0) is 13.6 Å². The van der Waals surface area contributed by atoms with Crippen LogP contribution in [0.4, 0.5) is 0 Å². The van der Waals surface area contributed by atoms with Gasteiger partial charge in [0.1, 0.15) is 0 Å². The zero-order chi connectivity index (χ0) is 12.1. The molecule has 0 atom stereocenters. The summed E-state index contributed by atoms with van der Waals surface area (Å²) in [4.78, 5) is 0. The molecule has 0 bridgehead atoms. The van der Waals surface area contributed by atoms with Crippen LogP contribution in [0.15, 0.2) is 12.4 Å². The van der Waals surface area contributed by atoms with Gasteiger partial charge in [-0.05, 0) is 31.2 Å². The summed E-state index contributed by atoms with van der Waals surface area (Å²) >= 11 is 0. The van der Waals surface area contributed by atoms with Crippen LogP contribution in [0.25, 0.3) is 0 Å². The molecule has 1 aliphatic carbocycles. The van der Waals surface area contributed by atoms with Gasteiger partial charge in [-0.2, -0.15) is 5.10 Å². The monoisotopic (exact) mass is 235 g/mol. The van der Waals surface area contributed by atoms with Gasteiger partial charge in [0.15, 0.2) is 0 Å². The molecule has 0 unspecified atom stereocenters. The quantitative estimate of drug-likeness (QED) is 0.850. The summed E-state index contributed by atoms with van der Waals surface area (Å²) in [6, 6.07) is 0. The van der Waals surface area contributed by atoms with Crippen LogP contribution in [0.2, 0.25) is 0 Å². The lowest BCUT2D eigenvalue weighted by Gasteiger charge is -2.27. The second kappa shape index (κ2) is 6.20. The minimum atomic E-state index is 0.898. The van der Waals surface area contributed by atoms with Crippen LogP contribution in [0, 0.1) is 11.8 Å². The first-order valence-electron chi connectivity index (χ1n) is 6.96. The predicted molar refractivity (Wildman–Crippen MR) is 70.7 cm³/mol. The largest absolute Gasteiger partial charge is 0.312 e. The second-order valence-electron chi connectivity index (χ2n) is 5.45. The summed E-state index contributed by atoms with van der Waals surface area (Å²) in [6.45, 7) is 4.46. The maximum atomic E-state index is 4.18. The van der Waals surface area contributed by atoms with Crippen molar-refractivity contribution in [2.24, 2.45) is 18.9 Å². The summed E-state index contributed by atoms with van der Waals surface area (Å²) in [6.07, 6.45) is 11.1. The lowest BCUT2D eigenvalue weighted by Crippen LogP contribution is -2.26. The minimum Gasteiger partial charge on any atom is -0.312 e. The molecule has 96 valence electrons. The van der Waals surface area contributed by atoms with E-state index >= 15 is 0 Å². The molecule has 0 spiro atoms. The van der Waals surface area contributed by atoms with Crippen molar-refractivity contribution in [3.63, 3.8) is 0 Å². The molecule has 1 N–H and O–H groups in total. The number of nitrogens with zero attached hydrogens (tertiary/aromatic N) is 2. The topological polar surface area (TPSA) is 29.9 Å². The van der Waals surface area contributed by atoms with E-state index in [0.717, 1.165) is 18.4 Å².